The molecule has 2 N–H and O–H groups in total. The summed E-state index contributed by atoms with van der Waals surface area (Å²) >= 11 is 0. The molecule has 386 valence electrons. The number of hydrogen-bond acceptors (Lipinski definition) is 4. The van der Waals surface area contributed by atoms with Crippen LogP contribution >= 0.6 is 0 Å². The molecule has 0 aliphatic heterocycles. The number of anilines is 2. The molecule has 0 aliphatic rings. The molecule has 0 aromatic heterocycles. The zero-order chi connectivity index (χ0) is 50.7. The molecule has 4 nitrogen and oxygen atoms in total. The third kappa shape index (κ3) is 21.4. The smallest absolute Gasteiger partial charge is 0.201 e. The predicted molar refractivity (Wildman–Crippen MR) is 315 cm³/mol. The van der Waals surface area contributed by atoms with E-state index in [1.807, 2.05) is 36.4 Å². The van der Waals surface area contributed by atoms with E-state index in [9.17, 15) is 9.59 Å². The monoisotopic (exact) mass is 969 g/mol. The van der Waals surface area contributed by atoms with Crippen LogP contribution in [-0.2, 0) is 6.42 Å². The minimum Gasteiger partial charge on any atom is -0.382 e. The predicted octanol–water partition coefficient (Wildman–Crippen LogP) is 18.6. The highest BCUT2D eigenvalue weighted by atomic mass is 16.1. The Bertz CT molecular complexity index is 2420. The van der Waals surface area contributed by atoms with E-state index < -0.39 is 0 Å². The topological polar surface area (TPSA) is 58.2 Å². The molecule has 0 amide bonds. The summed E-state index contributed by atoms with van der Waals surface area (Å²) in [5.74, 6) is 13.9. The molecule has 72 heavy (non-hydrogen) atoms. The lowest BCUT2D eigenvalue weighted by Crippen LogP contribution is -2.09. The van der Waals surface area contributed by atoms with Crippen LogP contribution in [0.25, 0.3) is 21.5 Å². The normalized spacial score (nSPS) is 11.0. The van der Waals surface area contributed by atoms with E-state index in [0.717, 1.165) is 71.8 Å². The first-order chi connectivity index (χ1) is 35.5. The molecule has 0 radical (unpaired) electrons. The van der Waals surface area contributed by atoms with Crippen LogP contribution in [0.1, 0.15) is 241 Å². The zero-order valence-electron chi connectivity index (χ0n) is 45.3. The van der Waals surface area contributed by atoms with E-state index in [4.69, 9.17) is 0 Å². The SMILES string of the molecule is CCCCCCCCCCCCNc1ccc(C#Cc2cccc3c(CCCCCCCCCCCC)c4cccc(C#Cc5ccc(NCCCCCCCCCCCC)c(=O)cc5)c4cc23)ccc1=O. The van der Waals surface area contributed by atoms with Gasteiger partial charge < -0.3 is 10.6 Å². The molecule has 0 saturated heterocycles. The Balaban J connectivity index is 1.31. The molecule has 0 heterocycles. The van der Waals surface area contributed by atoms with Gasteiger partial charge in [0.05, 0.1) is 11.4 Å². The van der Waals surface area contributed by atoms with Crippen molar-refractivity contribution in [1.82, 2.24) is 0 Å². The number of unbranched alkanes of at least 4 members (excludes halogenated alkanes) is 27. The lowest BCUT2D eigenvalue weighted by molar-refractivity contribution is 0.557. The maximum Gasteiger partial charge on any atom is 0.201 e. The highest BCUT2D eigenvalue weighted by Crippen LogP contribution is 2.34. The average molecular weight is 969 g/mol. The summed E-state index contributed by atoms with van der Waals surface area (Å²) in [4.78, 5) is 26.2. The molecule has 0 unspecified atom stereocenters. The van der Waals surface area contributed by atoms with Crippen molar-refractivity contribution in [3.8, 4) is 23.7 Å². The van der Waals surface area contributed by atoms with Gasteiger partial charge in [-0.3, -0.25) is 9.59 Å². The van der Waals surface area contributed by atoms with Gasteiger partial charge in [0.15, 0.2) is 0 Å². The molecule has 0 spiro atoms. The summed E-state index contributed by atoms with van der Waals surface area (Å²) in [5.41, 5.74) is 6.15. The van der Waals surface area contributed by atoms with Gasteiger partial charge in [-0.2, -0.15) is 0 Å². The van der Waals surface area contributed by atoms with E-state index in [1.165, 1.54) is 190 Å². The summed E-state index contributed by atoms with van der Waals surface area (Å²) in [5, 5.41) is 11.5. The second-order valence-electron chi connectivity index (χ2n) is 20.6. The van der Waals surface area contributed by atoms with Crippen molar-refractivity contribution >= 4 is 32.9 Å². The van der Waals surface area contributed by atoms with E-state index in [-0.39, 0.29) is 10.9 Å². The molecule has 5 rings (SSSR count). The number of rotatable bonds is 35. The van der Waals surface area contributed by atoms with Crippen molar-refractivity contribution in [3.05, 3.63) is 139 Å². The van der Waals surface area contributed by atoms with Crippen molar-refractivity contribution < 1.29 is 0 Å². The lowest BCUT2D eigenvalue weighted by Gasteiger charge is -2.14. The molecule has 4 heteroatoms. The van der Waals surface area contributed by atoms with Gasteiger partial charge in [0, 0.05) is 35.3 Å². The minimum atomic E-state index is -0.00793. The Morgan fingerprint density at radius 1 is 0.333 bits per heavy atom. The van der Waals surface area contributed by atoms with Crippen molar-refractivity contribution in [3.63, 3.8) is 0 Å². The van der Waals surface area contributed by atoms with Crippen molar-refractivity contribution in [1.29, 1.82) is 0 Å². The van der Waals surface area contributed by atoms with E-state index >= 15 is 0 Å². The summed E-state index contributed by atoms with van der Waals surface area (Å²) in [6.07, 6.45) is 39.9. The fourth-order valence-electron chi connectivity index (χ4n) is 10.1. The van der Waals surface area contributed by atoms with E-state index in [2.05, 4.69) is 97.6 Å². The van der Waals surface area contributed by atoms with Gasteiger partial charge in [0.25, 0.3) is 0 Å². The fourth-order valence-corrected chi connectivity index (χ4v) is 10.1. The van der Waals surface area contributed by atoms with Gasteiger partial charge in [-0.1, -0.05) is 242 Å². The van der Waals surface area contributed by atoms with Crippen LogP contribution in [0, 0.1) is 23.7 Å². The van der Waals surface area contributed by atoms with Crippen molar-refractivity contribution in [2.24, 2.45) is 0 Å². The number of hydrogen-bond donors (Lipinski definition) is 2. The minimum absolute atomic E-state index is 0.00793. The van der Waals surface area contributed by atoms with Crippen LogP contribution in [0.15, 0.2) is 101 Å². The van der Waals surface area contributed by atoms with Gasteiger partial charge >= 0.3 is 0 Å². The highest BCUT2D eigenvalue weighted by molar-refractivity contribution is 6.06. The third-order valence-corrected chi connectivity index (χ3v) is 14.5. The number of fused-ring (bicyclic) bond motifs is 2. The Labute approximate surface area is 437 Å². The first kappa shape index (κ1) is 57.6. The summed E-state index contributed by atoms with van der Waals surface area (Å²) in [6, 6.07) is 30.1. The van der Waals surface area contributed by atoms with Gasteiger partial charge in [-0.05, 0) is 120 Å². The molecule has 0 atom stereocenters. The molecule has 0 saturated carbocycles. The molecule has 0 fully saturated rings. The van der Waals surface area contributed by atoms with Crippen LogP contribution in [0.5, 0.6) is 0 Å². The van der Waals surface area contributed by atoms with Gasteiger partial charge in [-0.25, -0.2) is 0 Å². The van der Waals surface area contributed by atoms with Crippen LogP contribution < -0.4 is 21.5 Å². The molecular formula is C68H92N2O2. The third-order valence-electron chi connectivity index (χ3n) is 14.5. The molecule has 0 bridgehead atoms. The summed E-state index contributed by atoms with van der Waals surface area (Å²) in [7, 11) is 0. The van der Waals surface area contributed by atoms with Gasteiger partial charge in [-0.15, -0.1) is 0 Å². The highest BCUT2D eigenvalue weighted by Gasteiger charge is 2.12. The van der Waals surface area contributed by atoms with Crippen LogP contribution in [-0.4, -0.2) is 13.1 Å². The Morgan fingerprint density at radius 2 is 0.667 bits per heavy atom. The number of aryl methyl sites for hydroxylation is 1. The van der Waals surface area contributed by atoms with Crippen molar-refractivity contribution in [2.75, 3.05) is 23.7 Å². The van der Waals surface area contributed by atoms with Crippen LogP contribution in [0.4, 0.5) is 11.4 Å². The first-order valence-electron chi connectivity index (χ1n) is 29.3. The van der Waals surface area contributed by atoms with E-state index in [0.29, 0.717) is 11.4 Å². The number of benzene rings is 3. The fraction of sp³-hybridized carbons (Fsp3) is 0.529. The molecule has 5 aromatic carbocycles. The number of nitrogens with one attached hydrogen (secondary N) is 2. The maximum atomic E-state index is 13.1. The van der Waals surface area contributed by atoms with Crippen molar-refractivity contribution in [2.45, 2.75) is 220 Å². The Kier molecular flexibility index (Phi) is 28.6. The maximum absolute atomic E-state index is 13.1. The molecular weight excluding hydrogens is 877 g/mol. The summed E-state index contributed by atoms with van der Waals surface area (Å²) in [6.45, 7) is 8.43. The second kappa shape index (κ2) is 35.7. The lowest BCUT2D eigenvalue weighted by atomic mass is 9.89. The Morgan fingerprint density at radius 3 is 1.04 bits per heavy atom. The van der Waals surface area contributed by atoms with Crippen LogP contribution in [0.3, 0.4) is 0 Å². The second-order valence-corrected chi connectivity index (χ2v) is 20.6. The van der Waals surface area contributed by atoms with E-state index in [1.54, 1.807) is 12.1 Å². The average Bonchev–Trinajstić information content (AvgIpc) is 3.69. The standard InChI is InChI=1S/C68H92N2O2/c1-4-7-10-13-16-19-22-25-28-31-38-60-61-39-34-36-58(47-41-56-43-49-65(67(71)51-45-56)69-53-32-29-26-23-20-17-14-11-8-5-2)63(61)55-64-59(37-35-40-62(60)64)48-42-57-44-50-66(68(72)52-46-57)70-54-33-30-27-24-21-18-15-12-9-6-3/h34-37,39-40,43-46,49-52,55H,4-33,38,53-54H2,1-3H3,(H,69,71)(H,70,72). The zero-order valence-corrected chi connectivity index (χ0v) is 45.3. The van der Waals surface area contributed by atoms with Crippen LogP contribution in [0.2, 0.25) is 0 Å². The summed E-state index contributed by atoms with van der Waals surface area (Å²) < 4.78 is 0. The molecule has 0 aliphatic carbocycles. The first-order valence-corrected chi connectivity index (χ1v) is 29.3. The molecule has 5 aromatic rings. The largest absolute Gasteiger partial charge is 0.382 e. The Hall–Kier alpha value is -5.32. The van der Waals surface area contributed by atoms with Gasteiger partial charge in [0.2, 0.25) is 10.9 Å². The van der Waals surface area contributed by atoms with Gasteiger partial charge in [0.1, 0.15) is 0 Å². The quantitative estimate of drug-likeness (QED) is 0.0241.